The third-order valence-corrected chi connectivity index (χ3v) is 7.14. The van der Waals surface area contributed by atoms with Crippen molar-refractivity contribution in [1.82, 2.24) is 14.8 Å². The molecule has 0 unspecified atom stereocenters. The SMILES string of the molecule is Cc1occc1-c1nnc(S[C@@H](C)C(=O)N2c3ccccc3NC(=O)C2(C)C)n1-c1ccccc1. The maximum Gasteiger partial charge on any atom is 0.250 e. The Bertz CT molecular complexity index is 1410. The van der Waals surface area contributed by atoms with E-state index in [-0.39, 0.29) is 11.8 Å². The van der Waals surface area contributed by atoms with Gasteiger partial charge < -0.3 is 9.73 Å². The van der Waals surface area contributed by atoms with Gasteiger partial charge in [-0.3, -0.25) is 19.1 Å². The average Bonchev–Trinajstić information content (AvgIpc) is 3.45. The third-order valence-electron chi connectivity index (χ3n) is 6.11. The summed E-state index contributed by atoms with van der Waals surface area (Å²) in [5, 5.41) is 11.8. The Balaban J connectivity index is 1.53. The van der Waals surface area contributed by atoms with E-state index in [1.165, 1.54) is 11.8 Å². The Morgan fingerprint density at radius 3 is 2.49 bits per heavy atom. The van der Waals surface area contributed by atoms with Gasteiger partial charge in [0.2, 0.25) is 11.8 Å². The van der Waals surface area contributed by atoms with Crippen LogP contribution in [0.1, 0.15) is 26.5 Å². The van der Waals surface area contributed by atoms with Gasteiger partial charge >= 0.3 is 0 Å². The lowest BCUT2D eigenvalue weighted by atomic mass is 9.96. The highest BCUT2D eigenvalue weighted by Gasteiger charge is 2.45. The van der Waals surface area contributed by atoms with Crippen molar-refractivity contribution in [1.29, 1.82) is 0 Å². The first-order valence-corrected chi connectivity index (χ1v) is 12.1. The number of aryl methyl sites for hydroxylation is 1. The summed E-state index contributed by atoms with van der Waals surface area (Å²) in [4.78, 5) is 28.2. The first-order chi connectivity index (χ1) is 16.8. The van der Waals surface area contributed by atoms with E-state index in [0.717, 1.165) is 17.0 Å². The number of rotatable bonds is 5. The first kappa shape index (κ1) is 22.9. The lowest BCUT2D eigenvalue weighted by molar-refractivity contribution is -0.126. The van der Waals surface area contributed by atoms with Crippen LogP contribution in [0.25, 0.3) is 17.1 Å². The lowest BCUT2D eigenvalue weighted by Gasteiger charge is -2.43. The molecule has 0 radical (unpaired) electrons. The fourth-order valence-electron chi connectivity index (χ4n) is 4.18. The number of carbonyl (C=O) groups is 2. The van der Waals surface area contributed by atoms with Crippen molar-refractivity contribution in [2.45, 2.75) is 43.6 Å². The molecular weight excluding hydrogens is 462 g/mol. The Labute approximate surface area is 207 Å². The molecule has 178 valence electrons. The second-order valence-corrected chi connectivity index (χ2v) is 10.1. The zero-order valence-electron chi connectivity index (χ0n) is 19.9. The third kappa shape index (κ3) is 3.91. The molecule has 35 heavy (non-hydrogen) atoms. The molecule has 4 aromatic rings. The maximum absolute atomic E-state index is 13.8. The normalized spacial score (nSPS) is 15.4. The summed E-state index contributed by atoms with van der Waals surface area (Å²) in [6, 6.07) is 18.9. The van der Waals surface area contributed by atoms with E-state index < -0.39 is 10.8 Å². The molecule has 0 saturated heterocycles. The van der Waals surface area contributed by atoms with E-state index in [0.29, 0.717) is 22.4 Å². The molecule has 8 nitrogen and oxygen atoms in total. The number of carbonyl (C=O) groups excluding carboxylic acids is 2. The number of fused-ring (bicyclic) bond motifs is 1. The monoisotopic (exact) mass is 487 g/mol. The topological polar surface area (TPSA) is 93.3 Å². The fraction of sp³-hybridized carbons (Fsp3) is 0.231. The van der Waals surface area contributed by atoms with Gasteiger partial charge in [0.15, 0.2) is 11.0 Å². The van der Waals surface area contributed by atoms with Crippen LogP contribution in [0, 0.1) is 6.92 Å². The van der Waals surface area contributed by atoms with Gasteiger partial charge in [0, 0.05) is 5.69 Å². The van der Waals surface area contributed by atoms with Crippen molar-refractivity contribution in [2.24, 2.45) is 0 Å². The molecule has 1 N–H and O–H groups in total. The molecule has 1 aliphatic rings. The fourth-order valence-corrected chi connectivity index (χ4v) is 5.09. The average molecular weight is 488 g/mol. The standard InChI is InChI=1S/C26H25N5O3S/c1-16-19(14-15-34-16)22-28-29-25(30(22)18-10-6-5-7-11-18)35-17(2)23(32)31-21-13-9-8-12-20(21)27-24(33)26(31,3)4/h5-15,17H,1-4H3,(H,27,33)/t17-/m0/s1. The Morgan fingerprint density at radius 2 is 1.77 bits per heavy atom. The Kier molecular flexibility index (Phi) is 5.72. The number of anilines is 2. The van der Waals surface area contributed by atoms with Gasteiger partial charge in [-0.25, -0.2) is 0 Å². The summed E-state index contributed by atoms with van der Waals surface area (Å²) in [7, 11) is 0. The number of furan rings is 1. The number of hydrogen-bond donors (Lipinski definition) is 1. The van der Waals surface area contributed by atoms with Crippen molar-refractivity contribution in [3.8, 4) is 17.1 Å². The summed E-state index contributed by atoms with van der Waals surface area (Å²) in [6.07, 6.45) is 1.62. The minimum atomic E-state index is -1.05. The van der Waals surface area contributed by atoms with Crippen molar-refractivity contribution in [3.05, 3.63) is 72.7 Å². The number of nitrogens with one attached hydrogen (secondary N) is 1. The number of amides is 2. The zero-order valence-corrected chi connectivity index (χ0v) is 20.7. The van der Waals surface area contributed by atoms with Gasteiger partial charge in [0.1, 0.15) is 11.3 Å². The molecule has 2 aromatic heterocycles. The van der Waals surface area contributed by atoms with Gasteiger partial charge in [0.05, 0.1) is 28.5 Å². The predicted molar refractivity (Wildman–Crippen MR) is 136 cm³/mol. The molecule has 0 aliphatic carbocycles. The minimum Gasteiger partial charge on any atom is -0.469 e. The smallest absolute Gasteiger partial charge is 0.250 e. The molecular formula is C26H25N5O3S. The van der Waals surface area contributed by atoms with E-state index in [9.17, 15) is 9.59 Å². The van der Waals surface area contributed by atoms with Crippen LogP contribution in [0.15, 0.2) is 76.5 Å². The van der Waals surface area contributed by atoms with E-state index in [4.69, 9.17) is 4.42 Å². The largest absolute Gasteiger partial charge is 0.469 e. The van der Waals surface area contributed by atoms with Crippen LogP contribution in [0.5, 0.6) is 0 Å². The van der Waals surface area contributed by atoms with Crippen LogP contribution in [-0.4, -0.2) is 37.4 Å². The van der Waals surface area contributed by atoms with E-state index in [1.807, 2.05) is 73.0 Å². The van der Waals surface area contributed by atoms with Gasteiger partial charge in [-0.05, 0) is 58.0 Å². The summed E-state index contributed by atoms with van der Waals surface area (Å²) in [5.41, 5.74) is 1.95. The van der Waals surface area contributed by atoms with E-state index in [1.54, 1.807) is 31.1 Å². The van der Waals surface area contributed by atoms with Crippen LogP contribution in [-0.2, 0) is 9.59 Å². The van der Waals surface area contributed by atoms with Gasteiger partial charge in [0.25, 0.3) is 0 Å². The molecule has 1 aliphatic heterocycles. The van der Waals surface area contributed by atoms with Crippen molar-refractivity contribution >= 4 is 35.0 Å². The number of para-hydroxylation sites is 3. The highest BCUT2D eigenvalue weighted by Crippen LogP contribution is 2.39. The Morgan fingerprint density at radius 1 is 1.06 bits per heavy atom. The van der Waals surface area contributed by atoms with Gasteiger partial charge in [-0.2, -0.15) is 0 Å². The second-order valence-electron chi connectivity index (χ2n) is 8.83. The number of aromatic nitrogens is 3. The van der Waals surface area contributed by atoms with Crippen LogP contribution in [0.3, 0.4) is 0 Å². The number of benzene rings is 2. The Hall–Kier alpha value is -3.85. The van der Waals surface area contributed by atoms with Crippen molar-refractivity contribution in [2.75, 3.05) is 10.2 Å². The number of thioether (sulfide) groups is 1. The highest BCUT2D eigenvalue weighted by molar-refractivity contribution is 8.00. The van der Waals surface area contributed by atoms with E-state index >= 15 is 0 Å². The minimum absolute atomic E-state index is 0.189. The molecule has 2 aromatic carbocycles. The van der Waals surface area contributed by atoms with Crippen LogP contribution >= 0.6 is 11.8 Å². The molecule has 3 heterocycles. The molecule has 2 amide bonds. The zero-order chi connectivity index (χ0) is 24.7. The van der Waals surface area contributed by atoms with Crippen LogP contribution < -0.4 is 10.2 Å². The molecule has 0 fully saturated rings. The highest BCUT2D eigenvalue weighted by atomic mass is 32.2. The van der Waals surface area contributed by atoms with Crippen molar-refractivity contribution < 1.29 is 14.0 Å². The summed E-state index contributed by atoms with van der Waals surface area (Å²) < 4.78 is 7.42. The van der Waals surface area contributed by atoms with Gasteiger partial charge in [-0.1, -0.05) is 42.1 Å². The van der Waals surface area contributed by atoms with Gasteiger partial charge in [-0.15, -0.1) is 10.2 Å². The molecule has 0 spiro atoms. The molecule has 0 saturated carbocycles. The van der Waals surface area contributed by atoms with Crippen LogP contribution in [0.2, 0.25) is 0 Å². The molecule has 9 heteroatoms. The summed E-state index contributed by atoms with van der Waals surface area (Å²) >= 11 is 1.30. The lowest BCUT2D eigenvalue weighted by Crippen LogP contribution is -2.60. The molecule has 5 rings (SSSR count). The maximum atomic E-state index is 13.8. The predicted octanol–water partition coefficient (Wildman–Crippen LogP) is 5.08. The quantitative estimate of drug-likeness (QED) is 0.395. The first-order valence-electron chi connectivity index (χ1n) is 11.3. The molecule has 1 atom stereocenters. The van der Waals surface area contributed by atoms with Crippen molar-refractivity contribution in [3.63, 3.8) is 0 Å². The van der Waals surface area contributed by atoms with Crippen LogP contribution in [0.4, 0.5) is 11.4 Å². The summed E-state index contributed by atoms with van der Waals surface area (Å²) in [6.45, 7) is 7.20. The summed E-state index contributed by atoms with van der Waals surface area (Å²) in [5.74, 6) is 0.943. The number of hydrogen-bond acceptors (Lipinski definition) is 6. The van der Waals surface area contributed by atoms with E-state index in [2.05, 4.69) is 15.5 Å². The number of nitrogens with zero attached hydrogens (tertiary/aromatic N) is 4. The molecule has 0 bridgehead atoms. The second kappa shape index (κ2) is 8.74.